The molecule has 4 fully saturated rings. The maximum atomic E-state index is 14.7. The van der Waals surface area contributed by atoms with Crippen molar-refractivity contribution in [3.63, 3.8) is 0 Å². The van der Waals surface area contributed by atoms with Crippen molar-refractivity contribution < 1.29 is 47.9 Å². The van der Waals surface area contributed by atoms with E-state index in [1.807, 2.05) is 19.9 Å². The molecule has 0 aromatic heterocycles. The van der Waals surface area contributed by atoms with Crippen molar-refractivity contribution in [2.24, 2.45) is 35.5 Å². The van der Waals surface area contributed by atoms with Gasteiger partial charge in [0.1, 0.15) is 24.4 Å². The van der Waals surface area contributed by atoms with Gasteiger partial charge in [-0.3, -0.25) is 9.59 Å². The molecule has 0 aromatic carbocycles. The summed E-state index contributed by atoms with van der Waals surface area (Å²) in [6.07, 6.45) is 12.9. The van der Waals surface area contributed by atoms with Crippen LogP contribution in [0.1, 0.15) is 85.5 Å². The first-order valence-corrected chi connectivity index (χ1v) is 20.3. The number of likely N-dealkylation sites (N-methyl/N-ethyl adjacent to an activating group) is 1. The Hall–Kier alpha value is -1.96. The van der Waals surface area contributed by atoms with E-state index < -0.39 is 30.5 Å². The number of esters is 1. The van der Waals surface area contributed by atoms with Crippen LogP contribution in [0.5, 0.6) is 0 Å². The number of fused-ring (bicyclic) bond motifs is 5. The maximum Gasteiger partial charge on any atom is 0.307 e. The summed E-state index contributed by atoms with van der Waals surface area (Å²) in [6.45, 7) is 8.07. The standard InChI is InChI=1S/C42H65NO10/c1-9-10-12-27-13-11-14-35(53-37-18-17-34(43(5)6)24(3)49-37)23(2)38(45)33-21-31-29(32(33)22-36(44)51-27)16-15-26-19-28(20-30(26)31)52-42-39(46)41(48-8)40(47-7)25(4)50-42/h10,12,15-16,21,23-32,34-35,37,39-42,46H,9,11,13-14,17-20,22H2,1-8H3/t23-,24-,25+,26?,27+,28-,29?,30?,31?,32?,34+,35+,37?,39-,40+,41+,42+/m1/s1. The normalized spacial score (nSPS) is 45.2. The minimum Gasteiger partial charge on any atom is -0.458 e. The van der Waals surface area contributed by atoms with Gasteiger partial charge in [0.25, 0.3) is 0 Å². The van der Waals surface area contributed by atoms with Gasteiger partial charge in [-0.2, -0.15) is 0 Å². The summed E-state index contributed by atoms with van der Waals surface area (Å²) in [4.78, 5) is 30.5. The lowest BCUT2D eigenvalue weighted by molar-refractivity contribution is -0.310. The van der Waals surface area contributed by atoms with Gasteiger partial charge >= 0.3 is 5.97 Å². The number of carbonyl (C=O) groups excluding carboxylic acids is 2. The van der Waals surface area contributed by atoms with Crippen LogP contribution in [0, 0.1) is 35.5 Å². The number of cyclic esters (lactones) is 1. The van der Waals surface area contributed by atoms with E-state index in [4.69, 9.17) is 33.2 Å². The first-order valence-electron chi connectivity index (χ1n) is 20.3. The average molecular weight is 744 g/mol. The zero-order valence-corrected chi connectivity index (χ0v) is 33.1. The van der Waals surface area contributed by atoms with Gasteiger partial charge in [0, 0.05) is 32.1 Å². The highest BCUT2D eigenvalue weighted by molar-refractivity contribution is 5.99. The Morgan fingerprint density at radius 3 is 2.40 bits per heavy atom. The third kappa shape index (κ3) is 8.88. The van der Waals surface area contributed by atoms with Gasteiger partial charge in [-0.15, -0.1) is 0 Å². The molecule has 0 amide bonds. The first-order chi connectivity index (χ1) is 25.4. The van der Waals surface area contributed by atoms with E-state index in [1.54, 1.807) is 14.2 Å². The largest absolute Gasteiger partial charge is 0.458 e. The number of methoxy groups -OCH3 is 2. The molecule has 3 heterocycles. The van der Waals surface area contributed by atoms with E-state index >= 15 is 0 Å². The molecule has 298 valence electrons. The molecule has 3 saturated heterocycles. The predicted molar refractivity (Wildman–Crippen MR) is 199 cm³/mol. The molecule has 53 heavy (non-hydrogen) atoms. The highest BCUT2D eigenvalue weighted by Crippen LogP contribution is 2.54. The Labute approximate surface area is 316 Å². The maximum absolute atomic E-state index is 14.7. The molecule has 0 radical (unpaired) electrons. The van der Waals surface area contributed by atoms with E-state index in [0.717, 1.165) is 44.1 Å². The molecule has 0 bridgehead atoms. The van der Waals surface area contributed by atoms with Crippen LogP contribution in [0.15, 0.2) is 36.0 Å². The van der Waals surface area contributed by atoms with Crippen LogP contribution in [0.2, 0.25) is 0 Å². The number of rotatable bonds is 9. The Bertz CT molecular complexity index is 1350. The van der Waals surface area contributed by atoms with Crippen LogP contribution in [0.3, 0.4) is 0 Å². The lowest BCUT2D eigenvalue weighted by Gasteiger charge is -2.42. The van der Waals surface area contributed by atoms with Gasteiger partial charge in [0.05, 0.1) is 30.8 Å². The van der Waals surface area contributed by atoms with Crippen molar-refractivity contribution in [3.05, 3.63) is 36.0 Å². The van der Waals surface area contributed by atoms with Gasteiger partial charge in [-0.05, 0) is 115 Å². The summed E-state index contributed by atoms with van der Waals surface area (Å²) in [5, 5.41) is 11.1. The average Bonchev–Trinajstić information content (AvgIpc) is 3.71. The van der Waals surface area contributed by atoms with Crippen LogP contribution < -0.4 is 0 Å². The van der Waals surface area contributed by atoms with Crippen LogP contribution in [0.4, 0.5) is 0 Å². The zero-order valence-electron chi connectivity index (χ0n) is 33.1. The molecule has 3 aliphatic heterocycles. The summed E-state index contributed by atoms with van der Waals surface area (Å²) < 4.78 is 43.0. The summed E-state index contributed by atoms with van der Waals surface area (Å²) in [7, 11) is 7.32. The number of allylic oxidation sites excluding steroid dienone is 5. The van der Waals surface area contributed by atoms with Gasteiger partial charge in [-0.1, -0.05) is 38.2 Å². The number of aliphatic hydroxyl groups is 1. The summed E-state index contributed by atoms with van der Waals surface area (Å²) in [5.74, 6) is -0.325. The van der Waals surface area contributed by atoms with E-state index in [2.05, 4.69) is 57.1 Å². The topological polar surface area (TPSA) is 122 Å². The fourth-order valence-corrected chi connectivity index (χ4v) is 10.3. The fraction of sp³-hybridized carbons (Fsp3) is 0.810. The molecule has 3 aliphatic carbocycles. The molecule has 6 aliphatic rings. The lowest BCUT2D eigenvalue weighted by Crippen LogP contribution is -2.59. The second-order valence-electron chi connectivity index (χ2n) is 16.6. The van der Waals surface area contributed by atoms with E-state index in [1.165, 1.54) is 0 Å². The summed E-state index contributed by atoms with van der Waals surface area (Å²) >= 11 is 0. The summed E-state index contributed by atoms with van der Waals surface area (Å²) in [5.41, 5.74) is 0.730. The van der Waals surface area contributed by atoms with Crippen LogP contribution in [-0.2, 0) is 42.7 Å². The number of nitrogens with zero attached hydrogens (tertiary/aromatic N) is 1. The Kier molecular flexibility index (Phi) is 13.7. The van der Waals surface area contributed by atoms with Gasteiger partial charge in [0.2, 0.25) is 0 Å². The zero-order chi connectivity index (χ0) is 38.0. The van der Waals surface area contributed by atoms with E-state index in [0.29, 0.717) is 18.9 Å². The highest BCUT2D eigenvalue weighted by atomic mass is 16.7. The van der Waals surface area contributed by atoms with Crippen LogP contribution >= 0.6 is 0 Å². The van der Waals surface area contributed by atoms with Crippen molar-refractivity contribution in [2.75, 3.05) is 28.3 Å². The number of Topliss-reactive ketones (excluding diaryl/α,β-unsaturated/α-hetero) is 1. The number of ether oxygens (including phenoxy) is 7. The quantitative estimate of drug-likeness (QED) is 0.242. The van der Waals surface area contributed by atoms with Crippen molar-refractivity contribution in [1.82, 2.24) is 4.90 Å². The van der Waals surface area contributed by atoms with Crippen molar-refractivity contribution in [3.8, 4) is 0 Å². The van der Waals surface area contributed by atoms with Gasteiger partial charge in [-0.25, -0.2) is 0 Å². The van der Waals surface area contributed by atoms with Crippen molar-refractivity contribution in [1.29, 1.82) is 0 Å². The Balaban J connectivity index is 1.21. The molecule has 1 N–H and O–H groups in total. The van der Waals surface area contributed by atoms with E-state index in [-0.39, 0.29) is 84.6 Å². The van der Waals surface area contributed by atoms with Crippen LogP contribution in [-0.4, -0.2) is 118 Å². The van der Waals surface area contributed by atoms with E-state index in [9.17, 15) is 14.7 Å². The third-order valence-corrected chi connectivity index (χ3v) is 13.1. The smallest absolute Gasteiger partial charge is 0.307 e. The SMILES string of the molecule is CCC=C[C@H]1CCC[C@H](OC2CC[C@H](N(C)C)[C@@H](C)O2)[C@@H](C)C(=O)C2=CC3C(C=CC4C[C@@H](O[C@@H]5O[C@@H](C)[C@H](OC)[C@@H](OC)[C@H]5O)CC43)C2CC(=O)O1. The second kappa shape index (κ2) is 17.9. The number of ketones is 1. The molecular formula is C42H65NO10. The predicted octanol–water partition coefficient (Wildman–Crippen LogP) is 5.39. The minimum atomic E-state index is -0.995. The number of hydrogen-bond donors (Lipinski definition) is 1. The molecule has 6 unspecified atom stereocenters. The minimum absolute atomic E-state index is 0.00279. The second-order valence-corrected chi connectivity index (χ2v) is 16.6. The third-order valence-electron chi connectivity index (χ3n) is 13.1. The molecule has 0 aromatic rings. The van der Waals surface area contributed by atoms with Crippen molar-refractivity contribution in [2.45, 2.75) is 153 Å². The van der Waals surface area contributed by atoms with Gasteiger partial charge in [0.15, 0.2) is 18.4 Å². The molecular weight excluding hydrogens is 678 g/mol. The first kappa shape index (κ1) is 40.7. The number of aliphatic hydroxyl groups excluding tert-OH is 1. The molecule has 0 spiro atoms. The number of hydrogen-bond acceptors (Lipinski definition) is 11. The fourth-order valence-electron chi connectivity index (χ4n) is 10.3. The molecule has 1 saturated carbocycles. The highest BCUT2D eigenvalue weighted by Gasteiger charge is 2.52. The Morgan fingerprint density at radius 1 is 0.925 bits per heavy atom. The van der Waals surface area contributed by atoms with Crippen molar-refractivity contribution >= 4 is 11.8 Å². The summed E-state index contributed by atoms with van der Waals surface area (Å²) in [6, 6.07) is 0.324. The Morgan fingerprint density at radius 2 is 1.70 bits per heavy atom. The monoisotopic (exact) mass is 743 g/mol. The van der Waals surface area contributed by atoms with Gasteiger partial charge < -0.3 is 43.2 Å². The molecule has 17 atom stereocenters. The number of carbonyl (C=O) groups is 2. The molecule has 11 nitrogen and oxygen atoms in total. The van der Waals surface area contributed by atoms with Crippen LogP contribution in [0.25, 0.3) is 0 Å². The molecule has 11 heteroatoms. The lowest BCUT2D eigenvalue weighted by atomic mass is 9.70. The molecule has 6 rings (SSSR count).